The fraction of sp³-hybridized carbons (Fsp3) is 0.312. The summed E-state index contributed by atoms with van der Waals surface area (Å²) in [6, 6.07) is 15.9. The number of amides is 1. The van der Waals surface area contributed by atoms with E-state index in [1.807, 2.05) is 24.3 Å². The Morgan fingerprint density at radius 2 is 1.67 bits per heavy atom. The van der Waals surface area contributed by atoms with Gasteiger partial charge in [0.05, 0.1) is 16.6 Å². The van der Waals surface area contributed by atoms with Gasteiger partial charge in [-0.25, -0.2) is 27.8 Å². The Balaban J connectivity index is 1.15. The van der Waals surface area contributed by atoms with Gasteiger partial charge in [0.15, 0.2) is 11.5 Å². The van der Waals surface area contributed by atoms with Crippen molar-refractivity contribution in [1.29, 1.82) is 0 Å². The van der Waals surface area contributed by atoms with Gasteiger partial charge in [0.25, 0.3) is 0 Å². The van der Waals surface area contributed by atoms with Gasteiger partial charge in [0, 0.05) is 45.1 Å². The van der Waals surface area contributed by atoms with Crippen molar-refractivity contribution in [2.45, 2.75) is 29.8 Å². The molecule has 2 atom stereocenters. The number of hydrogen-bond donors (Lipinski definition) is 1. The molecule has 0 saturated carbocycles. The molecule has 12 nitrogen and oxygen atoms in total. The first-order valence-corrected chi connectivity index (χ1v) is 16.5. The van der Waals surface area contributed by atoms with Crippen molar-refractivity contribution in [2.24, 2.45) is 0 Å². The second-order valence-corrected chi connectivity index (χ2v) is 13.1. The number of carbonyl (C=O) groups excluding carboxylic acids is 1. The zero-order chi connectivity index (χ0) is 31.7. The third-order valence-electron chi connectivity index (χ3n) is 8.44. The first-order chi connectivity index (χ1) is 22.4. The summed E-state index contributed by atoms with van der Waals surface area (Å²) in [6.07, 6.45) is 4.29. The SMILES string of the molecule is O=C(NC(c1ccc2c(c1)OCO2)c1ccnc(N2CCN(c3ccccn3)CC2)n1)[C@@H]1CCCN1S(=O)(=O)c1ccc(F)cc1. The highest BCUT2D eigenvalue weighted by Gasteiger charge is 2.40. The molecule has 2 saturated heterocycles. The van der Waals surface area contributed by atoms with Crippen molar-refractivity contribution >= 4 is 27.7 Å². The van der Waals surface area contributed by atoms with Crippen molar-refractivity contribution in [3.8, 4) is 11.5 Å². The van der Waals surface area contributed by atoms with E-state index in [-0.39, 0.29) is 18.2 Å². The Labute approximate surface area is 265 Å². The maximum absolute atomic E-state index is 13.9. The number of nitrogens with zero attached hydrogens (tertiary/aromatic N) is 6. The van der Waals surface area contributed by atoms with Gasteiger partial charge in [0.2, 0.25) is 28.7 Å². The molecule has 2 fully saturated rings. The molecule has 1 unspecified atom stereocenters. The zero-order valence-corrected chi connectivity index (χ0v) is 25.6. The summed E-state index contributed by atoms with van der Waals surface area (Å²) in [4.78, 5) is 32.1. The Hall–Kier alpha value is -4.82. The van der Waals surface area contributed by atoms with E-state index in [9.17, 15) is 17.6 Å². The summed E-state index contributed by atoms with van der Waals surface area (Å²) in [5, 5.41) is 3.08. The highest BCUT2D eigenvalue weighted by molar-refractivity contribution is 7.89. The van der Waals surface area contributed by atoms with Crippen LogP contribution < -0.4 is 24.6 Å². The Morgan fingerprint density at radius 3 is 2.46 bits per heavy atom. The number of hydrogen-bond acceptors (Lipinski definition) is 10. The molecule has 0 radical (unpaired) electrons. The highest BCUT2D eigenvalue weighted by atomic mass is 32.2. The number of aromatic nitrogens is 3. The number of piperazine rings is 1. The van der Waals surface area contributed by atoms with E-state index in [1.165, 1.54) is 16.4 Å². The molecule has 14 heteroatoms. The predicted octanol–water partition coefficient (Wildman–Crippen LogP) is 3.12. The minimum absolute atomic E-state index is 0.0653. The monoisotopic (exact) mass is 645 g/mol. The summed E-state index contributed by atoms with van der Waals surface area (Å²) in [7, 11) is -4.04. The first-order valence-electron chi connectivity index (χ1n) is 15.1. The standard InChI is InChI=1S/C32H32FN7O5S/c33-23-7-9-24(10-8-23)46(42,43)40-15-3-4-26(40)31(41)37-30(22-6-11-27-28(20-22)45-21-44-27)25-12-14-35-32(36-25)39-18-16-38(17-19-39)29-5-1-2-13-34-29/h1-2,5-14,20,26,30H,3-4,15-19,21H2,(H,37,41)/t26-,30?/m0/s1. The Bertz CT molecular complexity index is 1820. The zero-order valence-electron chi connectivity index (χ0n) is 24.8. The lowest BCUT2D eigenvalue weighted by atomic mass is 10.0. The van der Waals surface area contributed by atoms with Crippen LogP contribution in [0.4, 0.5) is 16.2 Å². The number of rotatable bonds is 8. The van der Waals surface area contributed by atoms with Gasteiger partial charge < -0.3 is 24.6 Å². The Morgan fingerprint density at radius 1 is 0.891 bits per heavy atom. The minimum Gasteiger partial charge on any atom is -0.454 e. The van der Waals surface area contributed by atoms with Crippen LogP contribution in [0.2, 0.25) is 0 Å². The number of fused-ring (bicyclic) bond motifs is 1. The number of anilines is 2. The lowest BCUT2D eigenvalue weighted by Crippen LogP contribution is -2.48. The van der Waals surface area contributed by atoms with Gasteiger partial charge in [-0.05, 0) is 73.0 Å². The number of halogens is 1. The number of pyridine rings is 1. The lowest BCUT2D eigenvalue weighted by molar-refractivity contribution is -0.124. The van der Waals surface area contributed by atoms with E-state index >= 15 is 0 Å². The van der Waals surface area contributed by atoms with Crippen LogP contribution in [0.25, 0.3) is 0 Å². The van der Waals surface area contributed by atoms with Crippen LogP contribution >= 0.6 is 0 Å². The third-order valence-corrected chi connectivity index (χ3v) is 10.4. The number of nitrogens with one attached hydrogen (secondary N) is 1. The maximum atomic E-state index is 13.9. The molecule has 2 aromatic heterocycles. The predicted molar refractivity (Wildman–Crippen MR) is 167 cm³/mol. The molecule has 4 aromatic rings. The van der Waals surface area contributed by atoms with Gasteiger partial charge in [-0.2, -0.15) is 4.31 Å². The molecule has 1 N–H and O–H groups in total. The van der Waals surface area contributed by atoms with Crippen LogP contribution in [0.5, 0.6) is 11.5 Å². The van der Waals surface area contributed by atoms with Crippen LogP contribution in [0.1, 0.15) is 30.1 Å². The van der Waals surface area contributed by atoms with Gasteiger partial charge in [-0.3, -0.25) is 4.79 Å². The third kappa shape index (κ3) is 5.93. The molecular formula is C32H32FN7O5S. The molecule has 3 aliphatic heterocycles. The number of sulfonamides is 1. The summed E-state index contributed by atoms with van der Waals surface area (Å²) >= 11 is 0. The summed E-state index contributed by atoms with van der Waals surface area (Å²) in [5.41, 5.74) is 1.23. The average Bonchev–Trinajstić information content (AvgIpc) is 3.79. The van der Waals surface area contributed by atoms with Crippen molar-refractivity contribution < 1.29 is 27.1 Å². The molecule has 0 aliphatic carbocycles. The largest absolute Gasteiger partial charge is 0.454 e. The fourth-order valence-corrected chi connectivity index (χ4v) is 7.70. The van der Waals surface area contributed by atoms with Crippen LogP contribution in [0.3, 0.4) is 0 Å². The second kappa shape index (κ2) is 12.5. The number of carbonyl (C=O) groups is 1. The molecule has 1 amide bonds. The molecule has 46 heavy (non-hydrogen) atoms. The summed E-state index contributed by atoms with van der Waals surface area (Å²) in [6.45, 7) is 3.11. The van der Waals surface area contributed by atoms with Gasteiger partial charge in [-0.15, -0.1) is 0 Å². The first kappa shape index (κ1) is 29.9. The van der Waals surface area contributed by atoms with Crippen molar-refractivity contribution in [3.05, 3.63) is 96.2 Å². The van der Waals surface area contributed by atoms with E-state index in [0.717, 1.165) is 31.0 Å². The minimum atomic E-state index is -4.04. The van der Waals surface area contributed by atoms with E-state index in [0.29, 0.717) is 54.6 Å². The van der Waals surface area contributed by atoms with Crippen LogP contribution in [0, 0.1) is 5.82 Å². The van der Waals surface area contributed by atoms with Crippen molar-refractivity contribution in [3.63, 3.8) is 0 Å². The van der Waals surface area contributed by atoms with E-state index < -0.39 is 33.8 Å². The maximum Gasteiger partial charge on any atom is 0.243 e. The fourth-order valence-electron chi connectivity index (χ4n) is 6.04. The molecule has 2 aromatic carbocycles. The summed E-state index contributed by atoms with van der Waals surface area (Å²) < 4.78 is 52.8. The molecule has 0 bridgehead atoms. The molecular weight excluding hydrogens is 613 g/mol. The number of benzene rings is 2. The number of ether oxygens (including phenoxy) is 2. The van der Waals surface area contributed by atoms with Crippen LogP contribution in [0.15, 0.2) is 84.0 Å². The summed E-state index contributed by atoms with van der Waals surface area (Å²) in [5.74, 6) is 1.58. The Kier molecular flexibility index (Phi) is 8.13. The van der Waals surface area contributed by atoms with Gasteiger partial charge in [0.1, 0.15) is 17.7 Å². The molecule has 5 heterocycles. The van der Waals surface area contributed by atoms with E-state index in [2.05, 4.69) is 25.1 Å². The topological polar surface area (TPSA) is 130 Å². The molecule has 3 aliphatic rings. The smallest absolute Gasteiger partial charge is 0.243 e. The van der Waals surface area contributed by atoms with Crippen LogP contribution in [-0.2, 0) is 14.8 Å². The quantitative estimate of drug-likeness (QED) is 0.305. The second-order valence-electron chi connectivity index (χ2n) is 11.2. The average molecular weight is 646 g/mol. The molecule has 238 valence electrons. The highest BCUT2D eigenvalue weighted by Crippen LogP contribution is 2.36. The van der Waals surface area contributed by atoms with Crippen molar-refractivity contribution in [1.82, 2.24) is 24.6 Å². The normalized spacial score (nSPS) is 18.8. The van der Waals surface area contributed by atoms with Gasteiger partial charge in [-0.1, -0.05) is 12.1 Å². The van der Waals surface area contributed by atoms with Gasteiger partial charge >= 0.3 is 0 Å². The van der Waals surface area contributed by atoms with Crippen molar-refractivity contribution in [2.75, 3.05) is 49.3 Å². The van der Waals surface area contributed by atoms with E-state index in [4.69, 9.17) is 14.5 Å². The van der Waals surface area contributed by atoms with Crippen LogP contribution in [-0.4, -0.2) is 79.1 Å². The molecule has 7 rings (SSSR count). The molecule has 0 spiro atoms. The lowest BCUT2D eigenvalue weighted by Gasteiger charge is -2.35. The van der Waals surface area contributed by atoms with E-state index in [1.54, 1.807) is 30.6 Å².